The van der Waals surface area contributed by atoms with E-state index in [1.165, 1.54) is 7.11 Å². The van der Waals surface area contributed by atoms with Crippen LogP contribution in [0.25, 0.3) is 22.2 Å². The maximum atomic E-state index is 13.2. The van der Waals surface area contributed by atoms with Crippen LogP contribution in [0.5, 0.6) is 0 Å². The molecule has 2 amide bonds. The minimum Gasteiger partial charge on any atom is -0.375 e. The molecule has 1 fully saturated rings. The van der Waals surface area contributed by atoms with Crippen LogP contribution in [0, 0.1) is 6.92 Å². The van der Waals surface area contributed by atoms with E-state index >= 15 is 0 Å². The van der Waals surface area contributed by atoms with Crippen molar-refractivity contribution in [1.29, 1.82) is 0 Å². The van der Waals surface area contributed by atoms with Crippen LogP contribution in [-0.4, -0.2) is 71.5 Å². The number of aromatic nitrogens is 2. The molecule has 4 aromatic carbocycles. The summed E-state index contributed by atoms with van der Waals surface area (Å²) in [4.78, 5) is 39.0. The number of fused-ring (bicyclic) bond motifs is 1. The zero-order valence-electron chi connectivity index (χ0n) is 25.5. The van der Waals surface area contributed by atoms with E-state index < -0.39 is 0 Å². The molecule has 2 heterocycles. The minimum absolute atomic E-state index is 0.0283. The van der Waals surface area contributed by atoms with Gasteiger partial charge in [-0.25, -0.2) is 9.97 Å². The lowest BCUT2D eigenvalue weighted by atomic mass is 10.1. The number of carbonyl (C=O) groups excluding carboxylic acids is 2. The van der Waals surface area contributed by atoms with Gasteiger partial charge < -0.3 is 20.3 Å². The molecular weight excluding hydrogens is 564 g/mol. The van der Waals surface area contributed by atoms with Crippen LogP contribution in [0.2, 0.25) is 0 Å². The molecule has 5 aromatic rings. The van der Waals surface area contributed by atoms with E-state index in [0.717, 1.165) is 64.3 Å². The Labute approximate surface area is 262 Å². The fourth-order valence-corrected chi connectivity index (χ4v) is 5.51. The van der Waals surface area contributed by atoms with Crippen LogP contribution in [0.4, 0.5) is 17.3 Å². The third-order valence-electron chi connectivity index (χ3n) is 8.00. The second-order valence-corrected chi connectivity index (χ2v) is 11.2. The number of amides is 2. The highest BCUT2D eigenvalue weighted by Gasteiger charge is 2.21. The van der Waals surface area contributed by atoms with Gasteiger partial charge in [-0.3, -0.25) is 14.5 Å². The number of benzene rings is 4. The molecule has 6 rings (SSSR count). The summed E-state index contributed by atoms with van der Waals surface area (Å²) in [5, 5.41) is 7.38. The van der Waals surface area contributed by atoms with E-state index in [9.17, 15) is 9.59 Å². The highest BCUT2D eigenvalue weighted by atomic mass is 16.5. The molecule has 9 nitrogen and oxygen atoms in total. The first-order valence-electron chi connectivity index (χ1n) is 15.1. The number of ether oxygens (including phenoxy) is 1. The number of carbonyl (C=O) groups is 2. The van der Waals surface area contributed by atoms with Crippen molar-refractivity contribution in [1.82, 2.24) is 19.8 Å². The van der Waals surface area contributed by atoms with Crippen LogP contribution in [-0.2, 0) is 16.1 Å². The fraction of sp³-hybridized carbons (Fsp3) is 0.222. The predicted octanol–water partition coefficient (Wildman–Crippen LogP) is 5.89. The number of anilines is 3. The van der Waals surface area contributed by atoms with Gasteiger partial charge in [-0.15, -0.1) is 0 Å². The average Bonchev–Trinajstić information content (AvgIpc) is 3.07. The number of aryl methyl sites for hydroxylation is 1. The van der Waals surface area contributed by atoms with Gasteiger partial charge in [0, 0.05) is 67.7 Å². The molecule has 45 heavy (non-hydrogen) atoms. The number of para-hydroxylation sites is 1. The van der Waals surface area contributed by atoms with Crippen molar-refractivity contribution in [2.75, 3.05) is 50.5 Å². The quantitative estimate of drug-likeness (QED) is 0.218. The van der Waals surface area contributed by atoms with Crippen molar-refractivity contribution >= 4 is 40.0 Å². The van der Waals surface area contributed by atoms with Crippen LogP contribution in [0.15, 0.2) is 97.1 Å². The van der Waals surface area contributed by atoms with E-state index in [1.807, 2.05) is 90.7 Å². The lowest BCUT2D eigenvalue weighted by Gasteiger charge is -2.34. The molecule has 0 spiro atoms. The van der Waals surface area contributed by atoms with Gasteiger partial charge in [-0.2, -0.15) is 0 Å². The number of hydrogen-bond donors (Lipinski definition) is 2. The summed E-state index contributed by atoms with van der Waals surface area (Å²) in [6.45, 7) is 5.81. The molecule has 0 atom stereocenters. The smallest absolute Gasteiger partial charge is 0.255 e. The average molecular weight is 601 g/mol. The second kappa shape index (κ2) is 13.7. The van der Waals surface area contributed by atoms with Gasteiger partial charge in [-0.05, 0) is 54.4 Å². The lowest BCUT2D eigenvalue weighted by molar-refractivity contribution is -0.136. The molecule has 228 valence electrons. The first kappa shape index (κ1) is 29.9. The van der Waals surface area contributed by atoms with Gasteiger partial charge in [0.2, 0.25) is 11.9 Å². The number of methoxy groups -OCH3 is 1. The van der Waals surface area contributed by atoms with Crippen molar-refractivity contribution < 1.29 is 14.3 Å². The topological polar surface area (TPSA) is 99.7 Å². The number of nitrogens with zero attached hydrogens (tertiary/aromatic N) is 4. The fourth-order valence-electron chi connectivity index (χ4n) is 5.51. The summed E-state index contributed by atoms with van der Waals surface area (Å²) in [7, 11) is 1.54. The summed E-state index contributed by atoms with van der Waals surface area (Å²) in [5.74, 6) is 0.334. The molecule has 1 aromatic heterocycles. The van der Waals surface area contributed by atoms with Crippen molar-refractivity contribution in [3.05, 3.63) is 114 Å². The van der Waals surface area contributed by atoms with Crippen LogP contribution >= 0.6 is 0 Å². The van der Waals surface area contributed by atoms with Crippen LogP contribution in [0.3, 0.4) is 0 Å². The lowest BCUT2D eigenvalue weighted by Crippen LogP contribution is -2.49. The Bertz CT molecular complexity index is 1800. The zero-order valence-corrected chi connectivity index (χ0v) is 25.5. The van der Waals surface area contributed by atoms with Gasteiger partial charge in [0.15, 0.2) is 0 Å². The van der Waals surface area contributed by atoms with E-state index in [-0.39, 0.29) is 18.4 Å². The van der Waals surface area contributed by atoms with Gasteiger partial charge in [0.1, 0.15) is 6.61 Å². The first-order chi connectivity index (χ1) is 22.0. The standard InChI is InChI=1S/C36H36N6O3/c1-25-12-13-26(23-41-18-20-42(21-19-41)33(43)24-45-2)22-32(25)38-35(44)28-14-16-29(17-15-28)37-36-39-31-11-7-6-10-30(31)34(40-36)27-8-4-3-5-9-27/h3-17,22H,18-21,23-24H2,1-2H3,(H,38,44)(H,37,39,40). The number of rotatable bonds is 9. The Morgan fingerprint density at radius 2 is 1.58 bits per heavy atom. The van der Waals surface area contributed by atoms with Gasteiger partial charge >= 0.3 is 0 Å². The Balaban J connectivity index is 1.11. The van der Waals surface area contributed by atoms with Crippen molar-refractivity contribution in [3.8, 4) is 11.3 Å². The van der Waals surface area contributed by atoms with E-state index in [0.29, 0.717) is 24.6 Å². The van der Waals surface area contributed by atoms with E-state index in [1.54, 1.807) is 12.1 Å². The molecule has 0 unspecified atom stereocenters. The van der Waals surface area contributed by atoms with Crippen LogP contribution in [0.1, 0.15) is 21.5 Å². The van der Waals surface area contributed by atoms with E-state index in [2.05, 4.69) is 21.6 Å². The molecule has 1 aliphatic rings. The highest BCUT2D eigenvalue weighted by Crippen LogP contribution is 2.28. The number of hydrogen-bond acceptors (Lipinski definition) is 7. The normalized spacial score (nSPS) is 13.5. The minimum atomic E-state index is -0.180. The molecule has 0 aliphatic carbocycles. The van der Waals surface area contributed by atoms with Crippen molar-refractivity contribution in [2.24, 2.45) is 0 Å². The third-order valence-corrected chi connectivity index (χ3v) is 8.00. The third kappa shape index (κ3) is 7.17. The maximum absolute atomic E-state index is 13.2. The molecule has 2 N–H and O–H groups in total. The Morgan fingerprint density at radius 1 is 0.844 bits per heavy atom. The van der Waals surface area contributed by atoms with Crippen molar-refractivity contribution in [2.45, 2.75) is 13.5 Å². The van der Waals surface area contributed by atoms with Gasteiger partial charge in [-0.1, -0.05) is 60.7 Å². The van der Waals surface area contributed by atoms with Crippen molar-refractivity contribution in [3.63, 3.8) is 0 Å². The molecule has 0 radical (unpaired) electrons. The Morgan fingerprint density at radius 3 is 2.33 bits per heavy atom. The number of piperazine rings is 1. The maximum Gasteiger partial charge on any atom is 0.255 e. The largest absolute Gasteiger partial charge is 0.375 e. The molecule has 9 heteroatoms. The van der Waals surface area contributed by atoms with Gasteiger partial charge in [0.05, 0.1) is 11.2 Å². The highest BCUT2D eigenvalue weighted by molar-refractivity contribution is 6.05. The summed E-state index contributed by atoms with van der Waals surface area (Å²) < 4.78 is 4.98. The SMILES string of the molecule is COCC(=O)N1CCN(Cc2ccc(C)c(NC(=O)c3ccc(Nc4nc(-c5ccccc5)c5ccccc5n4)cc3)c2)CC1. The zero-order chi connectivity index (χ0) is 31.2. The molecule has 0 bridgehead atoms. The summed E-state index contributed by atoms with van der Waals surface area (Å²) >= 11 is 0. The van der Waals surface area contributed by atoms with Gasteiger partial charge in [0.25, 0.3) is 5.91 Å². The molecule has 1 aliphatic heterocycles. The predicted molar refractivity (Wildman–Crippen MR) is 178 cm³/mol. The first-order valence-corrected chi connectivity index (χ1v) is 15.1. The Hall–Kier alpha value is -5.12. The molecule has 0 saturated carbocycles. The number of nitrogens with one attached hydrogen (secondary N) is 2. The second-order valence-electron chi connectivity index (χ2n) is 11.2. The van der Waals surface area contributed by atoms with E-state index in [4.69, 9.17) is 14.7 Å². The monoisotopic (exact) mass is 600 g/mol. The summed E-state index contributed by atoms with van der Waals surface area (Å²) in [6, 6.07) is 31.5. The molecular formula is C36H36N6O3. The summed E-state index contributed by atoms with van der Waals surface area (Å²) in [6.07, 6.45) is 0. The summed E-state index contributed by atoms with van der Waals surface area (Å²) in [5.41, 5.74) is 6.93. The van der Waals surface area contributed by atoms with Crippen LogP contribution < -0.4 is 10.6 Å². The Kier molecular flexibility index (Phi) is 9.09. The molecule has 1 saturated heterocycles.